The first-order chi connectivity index (χ1) is 19.1. The molecule has 8 nitrogen and oxygen atoms in total. The number of carbonyl (C=O) groups excluding carboxylic acids is 2. The predicted molar refractivity (Wildman–Crippen MR) is 155 cm³/mol. The van der Waals surface area contributed by atoms with Crippen molar-refractivity contribution in [2.24, 2.45) is 0 Å². The lowest BCUT2D eigenvalue weighted by Crippen LogP contribution is -2.40. The van der Waals surface area contributed by atoms with Crippen LogP contribution in [0.4, 0.5) is 4.79 Å². The second-order valence-corrected chi connectivity index (χ2v) is 11.3. The lowest BCUT2D eigenvalue weighted by Gasteiger charge is -2.37. The lowest BCUT2D eigenvalue weighted by molar-refractivity contribution is 0.0242. The molecule has 2 aromatic carbocycles. The number of ether oxygens (including phenoxy) is 4. The van der Waals surface area contributed by atoms with Gasteiger partial charge in [-0.1, -0.05) is 12.1 Å². The Hall–Kier alpha value is -3.52. The van der Waals surface area contributed by atoms with Crippen LogP contribution in [0.2, 0.25) is 0 Å². The molecule has 0 saturated carbocycles. The maximum Gasteiger partial charge on any atom is 0.410 e. The first-order valence-electron chi connectivity index (χ1n) is 14.1. The molecule has 216 valence electrons. The summed E-state index contributed by atoms with van der Waals surface area (Å²) < 4.78 is 23.2. The maximum absolute atomic E-state index is 12.9. The van der Waals surface area contributed by atoms with Gasteiger partial charge in [0, 0.05) is 50.8 Å². The van der Waals surface area contributed by atoms with Crippen molar-refractivity contribution in [3.8, 4) is 11.5 Å². The van der Waals surface area contributed by atoms with E-state index in [9.17, 15) is 9.59 Å². The van der Waals surface area contributed by atoms with E-state index in [-0.39, 0.29) is 18.8 Å². The molecule has 1 atom stereocenters. The molecule has 0 bridgehead atoms. The monoisotopic (exact) mass is 550 g/mol. The third-order valence-electron chi connectivity index (χ3n) is 7.28. The van der Waals surface area contributed by atoms with Crippen molar-refractivity contribution in [1.82, 2.24) is 9.80 Å². The number of hydrogen-bond donors (Lipinski definition) is 0. The van der Waals surface area contributed by atoms with Crippen LogP contribution in [0.5, 0.6) is 11.5 Å². The van der Waals surface area contributed by atoms with Gasteiger partial charge >= 0.3 is 6.09 Å². The molecule has 0 N–H and O–H groups in total. The molecule has 8 heteroatoms. The van der Waals surface area contributed by atoms with E-state index < -0.39 is 11.2 Å². The van der Waals surface area contributed by atoms with Gasteiger partial charge in [-0.25, -0.2) is 4.79 Å². The van der Waals surface area contributed by atoms with E-state index in [1.165, 1.54) is 0 Å². The van der Waals surface area contributed by atoms with Crippen LogP contribution in [0.1, 0.15) is 75.4 Å². The molecule has 40 heavy (non-hydrogen) atoms. The van der Waals surface area contributed by atoms with Crippen molar-refractivity contribution in [2.45, 2.75) is 65.1 Å². The number of rotatable bonds is 7. The first-order valence-corrected chi connectivity index (χ1v) is 14.1. The van der Waals surface area contributed by atoms with Gasteiger partial charge in [0.25, 0.3) is 5.91 Å². The average Bonchev–Trinajstić information content (AvgIpc) is 3.13. The van der Waals surface area contributed by atoms with Gasteiger partial charge in [0.2, 0.25) is 0 Å². The van der Waals surface area contributed by atoms with Gasteiger partial charge in [0.15, 0.2) is 6.79 Å². The van der Waals surface area contributed by atoms with Crippen LogP contribution < -0.4 is 9.47 Å². The average molecular weight is 551 g/mol. The van der Waals surface area contributed by atoms with Gasteiger partial charge in [0.1, 0.15) is 22.7 Å². The largest absolute Gasteiger partial charge is 0.482 e. The molecule has 1 saturated heterocycles. The molecule has 1 unspecified atom stereocenters. The Morgan fingerprint density at radius 3 is 2.40 bits per heavy atom. The zero-order valence-electron chi connectivity index (χ0n) is 24.6. The van der Waals surface area contributed by atoms with E-state index in [2.05, 4.69) is 6.08 Å². The summed E-state index contributed by atoms with van der Waals surface area (Å²) in [4.78, 5) is 29.3. The number of amides is 2. The standard InChI is InChI=1S/C32H42N2O6/c1-7-33(8-2)29(35)24-12-10-23(11-13-24)27-21-32(39-28-15-14-25(20-26(27)28)38-22-37-6)16-9-18-34(19-17-32)30(36)40-31(3,4)5/h10-15,20-21H,7-9,16-19,22H2,1-6H3. The molecule has 2 aliphatic heterocycles. The zero-order valence-corrected chi connectivity index (χ0v) is 24.6. The number of hydrogen-bond acceptors (Lipinski definition) is 6. The van der Waals surface area contributed by atoms with E-state index in [1.807, 2.05) is 82.0 Å². The highest BCUT2D eigenvalue weighted by atomic mass is 16.7. The molecular weight excluding hydrogens is 508 g/mol. The molecule has 2 amide bonds. The van der Waals surface area contributed by atoms with E-state index in [0.717, 1.165) is 35.3 Å². The van der Waals surface area contributed by atoms with Crippen LogP contribution >= 0.6 is 0 Å². The van der Waals surface area contributed by atoms with Crippen LogP contribution in [-0.2, 0) is 9.47 Å². The normalized spacial score (nSPS) is 18.8. The smallest absolute Gasteiger partial charge is 0.410 e. The van der Waals surface area contributed by atoms with Gasteiger partial charge in [-0.3, -0.25) is 4.79 Å². The fourth-order valence-corrected chi connectivity index (χ4v) is 5.22. The van der Waals surface area contributed by atoms with Crippen LogP contribution in [0, 0.1) is 0 Å². The van der Waals surface area contributed by atoms with E-state index in [1.54, 1.807) is 12.0 Å². The number of likely N-dealkylation sites (tertiary alicyclic amines) is 1. The molecule has 0 aromatic heterocycles. The second-order valence-electron chi connectivity index (χ2n) is 11.3. The third kappa shape index (κ3) is 6.78. The summed E-state index contributed by atoms with van der Waals surface area (Å²) >= 11 is 0. The minimum atomic E-state index is -0.580. The Morgan fingerprint density at radius 1 is 1.02 bits per heavy atom. The fraction of sp³-hybridized carbons (Fsp3) is 0.500. The Labute approximate surface area is 237 Å². The van der Waals surface area contributed by atoms with Gasteiger partial charge in [-0.15, -0.1) is 0 Å². The Bertz CT molecular complexity index is 1230. The van der Waals surface area contributed by atoms with Crippen molar-refractivity contribution in [2.75, 3.05) is 40.1 Å². The summed E-state index contributed by atoms with van der Waals surface area (Å²) in [6.45, 7) is 12.2. The summed E-state index contributed by atoms with van der Waals surface area (Å²) in [7, 11) is 1.59. The van der Waals surface area contributed by atoms with Gasteiger partial charge in [0.05, 0.1) is 0 Å². The summed E-state index contributed by atoms with van der Waals surface area (Å²) in [5, 5.41) is 0. The predicted octanol–water partition coefficient (Wildman–Crippen LogP) is 6.14. The summed E-state index contributed by atoms with van der Waals surface area (Å²) in [6, 6.07) is 13.6. The van der Waals surface area contributed by atoms with Crippen LogP contribution in [0.15, 0.2) is 48.5 Å². The Kier molecular flexibility index (Phi) is 9.08. The Morgan fingerprint density at radius 2 is 1.75 bits per heavy atom. The fourth-order valence-electron chi connectivity index (χ4n) is 5.22. The second kappa shape index (κ2) is 12.3. The van der Waals surface area contributed by atoms with Crippen molar-refractivity contribution in [1.29, 1.82) is 0 Å². The maximum atomic E-state index is 12.9. The van der Waals surface area contributed by atoms with Gasteiger partial charge in [-0.2, -0.15) is 0 Å². The summed E-state index contributed by atoms with van der Waals surface area (Å²) in [6.07, 6.45) is 4.07. The van der Waals surface area contributed by atoms with E-state index in [0.29, 0.717) is 43.9 Å². The van der Waals surface area contributed by atoms with Crippen molar-refractivity contribution in [3.05, 3.63) is 65.2 Å². The van der Waals surface area contributed by atoms with Crippen molar-refractivity contribution >= 4 is 17.6 Å². The quantitative estimate of drug-likeness (QED) is 0.386. The van der Waals surface area contributed by atoms with E-state index >= 15 is 0 Å². The van der Waals surface area contributed by atoms with Gasteiger partial charge in [-0.05, 0) is 95.0 Å². The molecule has 0 aliphatic carbocycles. The van der Waals surface area contributed by atoms with Crippen LogP contribution in [0.3, 0.4) is 0 Å². The number of nitrogens with zero attached hydrogens (tertiary/aromatic N) is 2. The van der Waals surface area contributed by atoms with E-state index in [4.69, 9.17) is 18.9 Å². The van der Waals surface area contributed by atoms with Crippen LogP contribution in [0.25, 0.3) is 5.57 Å². The minimum Gasteiger partial charge on any atom is -0.482 e. The molecule has 1 fully saturated rings. The number of benzene rings is 2. The first kappa shape index (κ1) is 29.5. The lowest BCUT2D eigenvalue weighted by atomic mass is 9.84. The molecule has 1 spiro atoms. The zero-order chi connectivity index (χ0) is 28.9. The number of carbonyl (C=O) groups is 2. The van der Waals surface area contributed by atoms with Crippen molar-refractivity contribution in [3.63, 3.8) is 0 Å². The molecule has 2 aliphatic rings. The molecule has 0 radical (unpaired) electrons. The molecule has 4 rings (SSSR count). The van der Waals surface area contributed by atoms with Gasteiger partial charge < -0.3 is 28.7 Å². The minimum absolute atomic E-state index is 0.0237. The highest BCUT2D eigenvalue weighted by Crippen LogP contribution is 2.44. The highest BCUT2D eigenvalue weighted by Gasteiger charge is 2.39. The molecule has 2 heterocycles. The van der Waals surface area contributed by atoms with Crippen molar-refractivity contribution < 1.29 is 28.5 Å². The summed E-state index contributed by atoms with van der Waals surface area (Å²) in [5.74, 6) is 1.46. The Balaban J connectivity index is 1.68. The SMILES string of the molecule is CCN(CC)C(=O)c1ccc(C2=CC3(CCCN(C(=O)OC(C)(C)C)CC3)Oc3ccc(OCOC)cc32)cc1. The topological polar surface area (TPSA) is 77.5 Å². The molecular formula is C32H42N2O6. The molecule has 2 aromatic rings. The highest BCUT2D eigenvalue weighted by molar-refractivity contribution is 5.95. The number of fused-ring (bicyclic) bond motifs is 1. The summed E-state index contributed by atoms with van der Waals surface area (Å²) in [5.41, 5.74) is 2.44. The number of methoxy groups -OCH3 is 1. The third-order valence-corrected chi connectivity index (χ3v) is 7.28. The van der Waals surface area contributed by atoms with Crippen LogP contribution in [-0.4, -0.2) is 73.1 Å².